The van der Waals surface area contributed by atoms with E-state index in [2.05, 4.69) is 47.8 Å². The van der Waals surface area contributed by atoms with Crippen molar-refractivity contribution in [2.75, 3.05) is 13.2 Å². The van der Waals surface area contributed by atoms with Crippen LogP contribution in [0, 0.1) is 0 Å². The summed E-state index contributed by atoms with van der Waals surface area (Å²) in [6.45, 7) is 1.85. The van der Waals surface area contributed by atoms with Crippen molar-refractivity contribution in [1.29, 1.82) is 0 Å². The van der Waals surface area contributed by atoms with E-state index in [-0.39, 0.29) is 0 Å². The highest BCUT2D eigenvalue weighted by Crippen LogP contribution is 2.25. The zero-order valence-electron chi connectivity index (χ0n) is 12.7. The van der Waals surface area contributed by atoms with Crippen LogP contribution in [0.5, 0.6) is 5.75 Å². The molecule has 0 aromatic heterocycles. The van der Waals surface area contributed by atoms with Gasteiger partial charge in [0, 0.05) is 11.4 Å². The van der Waals surface area contributed by atoms with Gasteiger partial charge < -0.3 is 10.1 Å². The zero-order chi connectivity index (χ0) is 14.3. The third kappa shape index (κ3) is 3.98. The first-order valence-electron chi connectivity index (χ1n) is 8.27. The fourth-order valence-electron chi connectivity index (χ4n) is 3.19. The van der Waals surface area contributed by atoms with E-state index in [0.717, 1.165) is 31.4 Å². The van der Waals surface area contributed by atoms with E-state index < -0.39 is 0 Å². The fraction of sp³-hybridized carbons (Fsp3) is 0.474. The number of hydrogen-bond donors (Lipinski definition) is 1. The molecule has 0 amide bonds. The van der Waals surface area contributed by atoms with Gasteiger partial charge in [0.1, 0.15) is 5.75 Å². The van der Waals surface area contributed by atoms with Gasteiger partial charge >= 0.3 is 0 Å². The molecule has 1 N–H and O–H groups in total. The van der Waals surface area contributed by atoms with Crippen LogP contribution in [0.3, 0.4) is 0 Å². The minimum atomic E-state index is 0.747. The lowest BCUT2D eigenvalue weighted by molar-refractivity contribution is 0.299. The summed E-state index contributed by atoms with van der Waals surface area (Å²) in [5.41, 5.74) is 0. The van der Waals surface area contributed by atoms with E-state index in [9.17, 15) is 0 Å². The number of ether oxygens (including phenoxy) is 1. The first-order chi connectivity index (χ1) is 10.4. The Morgan fingerprint density at radius 2 is 1.76 bits per heavy atom. The molecule has 0 spiro atoms. The van der Waals surface area contributed by atoms with Crippen molar-refractivity contribution in [2.24, 2.45) is 0 Å². The molecule has 1 saturated carbocycles. The molecule has 112 valence electrons. The predicted octanol–water partition coefficient (Wildman–Crippen LogP) is 4.53. The van der Waals surface area contributed by atoms with Gasteiger partial charge in [0.25, 0.3) is 0 Å². The predicted molar refractivity (Wildman–Crippen MR) is 88.9 cm³/mol. The number of benzene rings is 2. The summed E-state index contributed by atoms with van der Waals surface area (Å²) >= 11 is 0. The average Bonchev–Trinajstić information content (AvgIpc) is 2.56. The van der Waals surface area contributed by atoms with Crippen LogP contribution >= 0.6 is 0 Å². The van der Waals surface area contributed by atoms with Crippen molar-refractivity contribution in [1.82, 2.24) is 5.32 Å². The molecule has 21 heavy (non-hydrogen) atoms. The van der Waals surface area contributed by atoms with Gasteiger partial charge in [0.15, 0.2) is 0 Å². The fourth-order valence-corrected chi connectivity index (χ4v) is 3.19. The molecule has 0 heterocycles. The van der Waals surface area contributed by atoms with Crippen molar-refractivity contribution in [3.63, 3.8) is 0 Å². The highest BCUT2D eigenvalue weighted by atomic mass is 16.5. The molecule has 1 aliphatic carbocycles. The Morgan fingerprint density at radius 1 is 0.952 bits per heavy atom. The van der Waals surface area contributed by atoms with Crippen LogP contribution in [0.2, 0.25) is 0 Å². The van der Waals surface area contributed by atoms with Crippen LogP contribution in [0.15, 0.2) is 42.5 Å². The van der Waals surface area contributed by atoms with Crippen LogP contribution in [-0.4, -0.2) is 19.2 Å². The number of hydrogen-bond acceptors (Lipinski definition) is 2. The summed E-state index contributed by atoms with van der Waals surface area (Å²) in [6.07, 6.45) is 7.98. The second-order valence-corrected chi connectivity index (χ2v) is 5.97. The summed E-state index contributed by atoms with van der Waals surface area (Å²) in [6, 6.07) is 15.4. The quantitative estimate of drug-likeness (QED) is 0.786. The summed E-state index contributed by atoms with van der Waals surface area (Å²) in [7, 11) is 0. The first-order valence-corrected chi connectivity index (χ1v) is 8.27. The Balaban J connectivity index is 1.44. The molecule has 2 heteroatoms. The normalized spacial score (nSPS) is 16.2. The third-order valence-electron chi connectivity index (χ3n) is 4.37. The molecule has 0 unspecified atom stereocenters. The Morgan fingerprint density at radius 3 is 2.67 bits per heavy atom. The van der Waals surface area contributed by atoms with Gasteiger partial charge in [-0.15, -0.1) is 0 Å². The van der Waals surface area contributed by atoms with E-state index >= 15 is 0 Å². The minimum Gasteiger partial charge on any atom is -0.493 e. The Bertz CT molecular complexity index is 555. The molecule has 0 radical (unpaired) electrons. The monoisotopic (exact) mass is 283 g/mol. The second-order valence-electron chi connectivity index (χ2n) is 5.97. The van der Waals surface area contributed by atoms with E-state index in [1.54, 1.807) is 0 Å². The molecular formula is C19H25NO. The van der Waals surface area contributed by atoms with Crippen molar-refractivity contribution in [2.45, 2.75) is 44.6 Å². The van der Waals surface area contributed by atoms with Crippen LogP contribution < -0.4 is 10.1 Å². The van der Waals surface area contributed by atoms with Gasteiger partial charge in [-0.1, -0.05) is 55.7 Å². The van der Waals surface area contributed by atoms with Gasteiger partial charge in [-0.3, -0.25) is 0 Å². The number of fused-ring (bicyclic) bond motifs is 1. The largest absolute Gasteiger partial charge is 0.493 e. The first kappa shape index (κ1) is 14.4. The lowest BCUT2D eigenvalue weighted by atomic mass is 9.95. The molecule has 1 aliphatic rings. The van der Waals surface area contributed by atoms with Crippen LogP contribution in [0.25, 0.3) is 10.8 Å². The maximum Gasteiger partial charge on any atom is 0.127 e. The highest BCUT2D eigenvalue weighted by Gasteiger charge is 2.11. The summed E-state index contributed by atoms with van der Waals surface area (Å²) in [5.74, 6) is 1.01. The summed E-state index contributed by atoms with van der Waals surface area (Å²) < 4.78 is 5.97. The average molecular weight is 283 g/mol. The van der Waals surface area contributed by atoms with E-state index in [0.29, 0.717) is 0 Å². The third-order valence-corrected chi connectivity index (χ3v) is 4.37. The lowest BCUT2D eigenvalue weighted by Crippen LogP contribution is -2.32. The van der Waals surface area contributed by atoms with E-state index in [4.69, 9.17) is 4.74 Å². The molecule has 2 nitrogen and oxygen atoms in total. The second kappa shape index (κ2) is 7.46. The molecule has 0 saturated heterocycles. The van der Waals surface area contributed by atoms with Crippen molar-refractivity contribution in [3.05, 3.63) is 42.5 Å². The zero-order valence-corrected chi connectivity index (χ0v) is 12.7. The number of rotatable bonds is 6. The molecule has 1 fully saturated rings. The maximum atomic E-state index is 5.97. The van der Waals surface area contributed by atoms with Gasteiger partial charge in [-0.25, -0.2) is 0 Å². The van der Waals surface area contributed by atoms with Gasteiger partial charge in [0.05, 0.1) is 6.61 Å². The molecule has 0 bridgehead atoms. The SMILES string of the molecule is c1ccc2c(OCCCNC3CCCCC3)cccc2c1. The highest BCUT2D eigenvalue weighted by molar-refractivity contribution is 5.88. The standard InChI is InChI=1S/C19H25NO/c1-2-10-17(11-3-1)20-14-7-15-21-19-13-6-9-16-8-4-5-12-18(16)19/h4-6,8-9,12-13,17,20H,1-3,7,10-11,14-15H2. The molecular weight excluding hydrogens is 258 g/mol. The molecule has 0 atom stereocenters. The maximum absolute atomic E-state index is 5.97. The lowest BCUT2D eigenvalue weighted by Gasteiger charge is -2.22. The molecule has 0 aliphatic heterocycles. The van der Waals surface area contributed by atoms with Gasteiger partial charge in [0.2, 0.25) is 0 Å². The van der Waals surface area contributed by atoms with Crippen LogP contribution in [0.4, 0.5) is 0 Å². The van der Waals surface area contributed by atoms with E-state index in [1.165, 1.54) is 42.9 Å². The molecule has 3 rings (SSSR count). The Labute approximate surface area is 127 Å². The Hall–Kier alpha value is -1.54. The van der Waals surface area contributed by atoms with Crippen LogP contribution in [-0.2, 0) is 0 Å². The number of nitrogens with one attached hydrogen (secondary N) is 1. The van der Waals surface area contributed by atoms with E-state index in [1.807, 2.05) is 0 Å². The summed E-state index contributed by atoms with van der Waals surface area (Å²) in [4.78, 5) is 0. The van der Waals surface area contributed by atoms with Crippen molar-refractivity contribution < 1.29 is 4.74 Å². The summed E-state index contributed by atoms with van der Waals surface area (Å²) in [5, 5.41) is 6.12. The molecule has 2 aromatic carbocycles. The van der Waals surface area contributed by atoms with Crippen molar-refractivity contribution >= 4 is 10.8 Å². The van der Waals surface area contributed by atoms with Gasteiger partial charge in [-0.2, -0.15) is 0 Å². The van der Waals surface area contributed by atoms with Crippen LogP contribution in [0.1, 0.15) is 38.5 Å². The topological polar surface area (TPSA) is 21.3 Å². The smallest absolute Gasteiger partial charge is 0.127 e. The Kier molecular flexibility index (Phi) is 5.12. The molecule has 2 aromatic rings. The van der Waals surface area contributed by atoms with Crippen molar-refractivity contribution in [3.8, 4) is 5.75 Å². The minimum absolute atomic E-state index is 0.747. The van der Waals surface area contributed by atoms with Gasteiger partial charge in [-0.05, 0) is 37.3 Å².